The molecule has 0 aromatic heterocycles. The third-order valence-corrected chi connectivity index (χ3v) is 2.57. The predicted octanol–water partition coefficient (Wildman–Crippen LogP) is 1.81. The zero-order chi connectivity index (χ0) is 14.6. The van der Waals surface area contributed by atoms with E-state index in [1.165, 1.54) is 20.3 Å². The minimum Gasteiger partial charge on any atom is -0.505 e. The van der Waals surface area contributed by atoms with Gasteiger partial charge in [-0.2, -0.15) is 0 Å². The molecule has 1 aromatic carbocycles. The largest absolute Gasteiger partial charge is 0.505 e. The third-order valence-electron chi connectivity index (χ3n) is 2.28. The second-order valence-electron chi connectivity index (χ2n) is 3.37. The number of ketones is 1. The van der Waals surface area contributed by atoms with Crippen LogP contribution in [0.25, 0.3) is 0 Å². The van der Waals surface area contributed by atoms with Gasteiger partial charge in [-0.3, -0.25) is 4.79 Å². The predicted molar refractivity (Wildman–Crippen MR) is 67.2 cm³/mol. The molecule has 0 unspecified atom stereocenters. The Kier molecular flexibility index (Phi) is 5.00. The molecule has 0 fully saturated rings. The Morgan fingerprint density at radius 3 is 2.42 bits per heavy atom. The van der Waals surface area contributed by atoms with Crippen LogP contribution in [0, 0.1) is 0 Å². The molecule has 6 nitrogen and oxygen atoms in total. The monoisotopic (exact) mass is 288 g/mol. The van der Waals surface area contributed by atoms with E-state index in [2.05, 4.69) is 4.74 Å². The van der Waals surface area contributed by atoms with Crippen molar-refractivity contribution in [3.8, 4) is 17.2 Å². The van der Waals surface area contributed by atoms with Crippen LogP contribution < -0.4 is 9.47 Å². The highest BCUT2D eigenvalue weighted by Gasteiger charge is 2.29. The Bertz CT molecular complexity index is 511. The van der Waals surface area contributed by atoms with Crippen molar-refractivity contribution < 1.29 is 28.9 Å². The maximum atomic E-state index is 11.9. The number of rotatable bonds is 5. The van der Waals surface area contributed by atoms with Gasteiger partial charge in [0.1, 0.15) is 11.3 Å². The lowest BCUT2D eigenvalue weighted by atomic mass is 10.1. The number of methoxy groups -OCH3 is 2. The van der Waals surface area contributed by atoms with Crippen molar-refractivity contribution in [1.29, 1.82) is 0 Å². The Labute approximate surface area is 114 Å². The average molecular weight is 289 g/mol. The molecule has 0 aliphatic rings. The lowest BCUT2D eigenvalue weighted by molar-refractivity contribution is -0.137. The van der Waals surface area contributed by atoms with Crippen LogP contribution in [0.1, 0.15) is 17.3 Å². The van der Waals surface area contributed by atoms with E-state index >= 15 is 0 Å². The molecule has 0 saturated carbocycles. The molecular formula is C12H13ClO6. The van der Waals surface area contributed by atoms with Crippen molar-refractivity contribution in [3.05, 3.63) is 16.7 Å². The van der Waals surface area contributed by atoms with Gasteiger partial charge in [0.15, 0.2) is 11.5 Å². The first-order valence-corrected chi connectivity index (χ1v) is 5.70. The SMILES string of the molecule is CCOC(=O)C(=O)c1c(O)c(Cl)cc(OC)c1OC. The molecule has 0 saturated heterocycles. The number of carbonyl (C=O) groups is 2. The van der Waals surface area contributed by atoms with Crippen LogP contribution >= 0.6 is 11.6 Å². The molecule has 104 valence electrons. The summed E-state index contributed by atoms with van der Waals surface area (Å²) in [7, 11) is 2.61. The second kappa shape index (κ2) is 6.29. The first kappa shape index (κ1) is 15.1. The fourth-order valence-electron chi connectivity index (χ4n) is 1.46. The van der Waals surface area contributed by atoms with Crippen LogP contribution in [0.4, 0.5) is 0 Å². The second-order valence-corrected chi connectivity index (χ2v) is 3.77. The molecule has 1 rings (SSSR count). The highest BCUT2D eigenvalue weighted by Crippen LogP contribution is 2.42. The lowest BCUT2D eigenvalue weighted by Gasteiger charge is -2.14. The molecule has 0 radical (unpaired) electrons. The standard InChI is InChI=1S/C12H13ClO6/c1-4-19-12(16)10(15)8-9(14)6(13)5-7(17-2)11(8)18-3/h5,14H,4H2,1-3H3. The first-order valence-electron chi connectivity index (χ1n) is 5.32. The van der Waals surface area contributed by atoms with Crippen molar-refractivity contribution in [3.63, 3.8) is 0 Å². The van der Waals surface area contributed by atoms with E-state index in [4.69, 9.17) is 21.1 Å². The minimum absolute atomic E-state index is 0.0331. The number of phenolic OH excluding ortho intramolecular Hbond substituents is 1. The Hall–Kier alpha value is -1.95. The molecule has 0 aliphatic carbocycles. The van der Waals surface area contributed by atoms with Gasteiger partial charge in [0.05, 0.1) is 25.8 Å². The quantitative estimate of drug-likeness (QED) is 0.505. The van der Waals surface area contributed by atoms with E-state index in [0.717, 1.165) is 0 Å². The van der Waals surface area contributed by atoms with Gasteiger partial charge in [-0.15, -0.1) is 0 Å². The molecule has 1 aromatic rings. The summed E-state index contributed by atoms with van der Waals surface area (Å²) in [6.45, 7) is 1.59. The summed E-state index contributed by atoms with van der Waals surface area (Å²) in [5.74, 6) is -2.69. The molecule has 0 amide bonds. The molecular weight excluding hydrogens is 276 g/mol. The average Bonchev–Trinajstić information content (AvgIpc) is 2.40. The fraction of sp³-hybridized carbons (Fsp3) is 0.333. The zero-order valence-corrected chi connectivity index (χ0v) is 11.4. The number of hydrogen-bond donors (Lipinski definition) is 1. The molecule has 0 aliphatic heterocycles. The smallest absolute Gasteiger partial charge is 0.379 e. The van der Waals surface area contributed by atoms with Crippen molar-refractivity contribution >= 4 is 23.4 Å². The van der Waals surface area contributed by atoms with Gasteiger partial charge < -0.3 is 19.3 Å². The fourth-order valence-corrected chi connectivity index (χ4v) is 1.66. The van der Waals surface area contributed by atoms with Crippen LogP contribution in [0.15, 0.2) is 6.07 Å². The summed E-state index contributed by atoms with van der Waals surface area (Å²) in [4.78, 5) is 23.4. The van der Waals surface area contributed by atoms with Gasteiger partial charge in [0, 0.05) is 6.07 Å². The van der Waals surface area contributed by atoms with Crippen LogP contribution in [0.5, 0.6) is 17.2 Å². The maximum absolute atomic E-state index is 11.9. The topological polar surface area (TPSA) is 82.1 Å². The van der Waals surface area contributed by atoms with Crippen LogP contribution in [-0.4, -0.2) is 37.7 Å². The van der Waals surface area contributed by atoms with Crippen LogP contribution in [0.3, 0.4) is 0 Å². The van der Waals surface area contributed by atoms with E-state index in [1.54, 1.807) is 6.92 Å². The third kappa shape index (κ3) is 2.90. The molecule has 0 atom stereocenters. The number of benzene rings is 1. The van der Waals surface area contributed by atoms with Gasteiger partial charge in [-0.05, 0) is 6.92 Å². The summed E-state index contributed by atoms with van der Waals surface area (Å²) in [5, 5.41) is 9.69. The number of esters is 1. The minimum atomic E-state index is -1.11. The van der Waals surface area contributed by atoms with E-state index in [9.17, 15) is 14.7 Å². The molecule has 7 heteroatoms. The Morgan fingerprint density at radius 2 is 1.95 bits per heavy atom. The number of aromatic hydroxyl groups is 1. The number of carbonyl (C=O) groups excluding carboxylic acids is 2. The number of halogens is 1. The van der Waals surface area contributed by atoms with Crippen molar-refractivity contribution in [1.82, 2.24) is 0 Å². The van der Waals surface area contributed by atoms with Gasteiger partial charge in [-0.1, -0.05) is 11.6 Å². The summed E-state index contributed by atoms with van der Waals surface area (Å²) in [6.07, 6.45) is 0. The number of hydrogen-bond acceptors (Lipinski definition) is 6. The van der Waals surface area contributed by atoms with Crippen LogP contribution in [0.2, 0.25) is 5.02 Å². The Balaban J connectivity index is 3.43. The normalized spacial score (nSPS) is 9.89. The van der Waals surface area contributed by atoms with Gasteiger partial charge in [-0.25, -0.2) is 4.79 Å². The number of Topliss-reactive ketones (excluding diaryl/α,β-unsaturated/α-hetero) is 1. The molecule has 0 bridgehead atoms. The number of phenols is 1. The van der Waals surface area contributed by atoms with E-state index < -0.39 is 17.5 Å². The van der Waals surface area contributed by atoms with Gasteiger partial charge >= 0.3 is 5.97 Å². The molecule has 0 heterocycles. The number of ether oxygens (including phenoxy) is 3. The summed E-state index contributed by atoms with van der Waals surface area (Å²) >= 11 is 5.76. The summed E-state index contributed by atoms with van der Waals surface area (Å²) in [6, 6.07) is 1.28. The van der Waals surface area contributed by atoms with Gasteiger partial charge in [0.25, 0.3) is 5.78 Å². The van der Waals surface area contributed by atoms with Crippen LogP contribution in [-0.2, 0) is 9.53 Å². The van der Waals surface area contributed by atoms with Gasteiger partial charge in [0.2, 0.25) is 0 Å². The molecule has 0 spiro atoms. The zero-order valence-electron chi connectivity index (χ0n) is 10.7. The highest BCUT2D eigenvalue weighted by molar-refractivity contribution is 6.43. The maximum Gasteiger partial charge on any atom is 0.379 e. The van der Waals surface area contributed by atoms with E-state index in [1.807, 2.05) is 0 Å². The molecule has 19 heavy (non-hydrogen) atoms. The summed E-state index contributed by atoms with van der Waals surface area (Å²) < 4.78 is 14.5. The highest BCUT2D eigenvalue weighted by atomic mass is 35.5. The van der Waals surface area contributed by atoms with Crippen molar-refractivity contribution in [2.75, 3.05) is 20.8 Å². The van der Waals surface area contributed by atoms with Crippen molar-refractivity contribution in [2.45, 2.75) is 6.92 Å². The Morgan fingerprint density at radius 1 is 1.32 bits per heavy atom. The first-order chi connectivity index (χ1) is 8.97. The molecule has 1 N–H and O–H groups in total. The van der Waals surface area contributed by atoms with Crippen molar-refractivity contribution in [2.24, 2.45) is 0 Å². The lowest BCUT2D eigenvalue weighted by Crippen LogP contribution is -2.18. The van der Waals surface area contributed by atoms with E-state index in [0.29, 0.717) is 0 Å². The van der Waals surface area contributed by atoms with E-state index in [-0.39, 0.29) is 28.7 Å². The summed E-state index contributed by atoms with van der Waals surface area (Å²) in [5.41, 5.74) is -0.384.